The van der Waals surface area contributed by atoms with Crippen molar-refractivity contribution in [3.05, 3.63) is 39.8 Å². The van der Waals surface area contributed by atoms with Crippen LogP contribution >= 0.6 is 11.8 Å². The molecule has 120 valence electrons. The maximum atomic E-state index is 11.6. The van der Waals surface area contributed by atoms with Gasteiger partial charge in [0.25, 0.3) is 5.91 Å². The number of rotatable bonds is 3. The first-order chi connectivity index (χ1) is 10.9. The summed E-state index contributed by atoms with van der Waals surface area (Å²) in [6.45, 7) is 3.82. The fourth-order valence-electron chi connectivity index (χ4n) is 1.71. The topological polar surface area (TPSA) is 100 Å². The monoisotopic (exact) mass is 333 g/mol. The average molecular weight is 333 g/mol. The molecule has 0 aliphatic carbocycles. The first-order valence-corrected chi connectivity index (χ1v) is 7.42. The number of phenols is 1. The van der Waals surface area contributed by atoms with Crippen molar-refractivity contribution < 1.29 is 19.4 Å². The number of ether oxygens (including phenoxy) is 1. The van der Waals surface area contributed by atoms with Crippen LogP contribution in [0.25, 0.3) is 0 Å². The average Bonchev–Trinajstić information content (AvgIpc) is 2.84. The highest BCUT2D eigenvalue weighted by atomic mass is 32.2. The van der Waals surface area contributed by atoms with Gasteiger partial charge in [-0.1, -0.05) is 0 Å². The van der Waals surface area contributed by atoms with Crippen LogP contribution in [0.4, 0.5) is 0 Å². The molecule has 0 saturated carbocycles. The van der Waals surface area contributed by atoms with Gasteiger partial charge in [0.05, 0.1) is 18.2 Å². The lowest BCUT2D eigenvalue weighted by Crippen LogP contribution is -2.19. The summed E-state index contributed by atoms with van der Waals surface area (Å²) in [6.07, 6.45) is 2.48. The molecule has 0 bridgehead atoms. The molecule has 8 heteroatoms. The van der Waals surface area contributed by atoms with Crippen molar-refractivity contribution in [2.45, 2.75) is 13.8 Å². The first-order valence-electron chi connectivity index (χ1n) is 6.61. The number of aryl methyl sites for hydroxylation is 2. The molecule has 2 rings (SSSR count). The Morgan fingerprint density at radius 1 is 1.35 bits per heavy atom. The molecule has 0 spiro atoms. The number of carbonyl (C=O) groups is 2. The summed E-state index contributed by atoms with van der Waals surface area (Å²) < 4.78 is 4.46. The molecule has 0 radical (unpaired) electrons. The molecule has 0 aromatic heterocycles. The summed E-state index contributed by atoms with van der Waals surface area (Å²) in [4.78, 5) is 22.9. The van der Waals surface area contributed by atoms with E-state index in [-0.39, 0.29) is 15.8 Å². The Morgan fingerprint density at radius 2 is 2.04 bits per heavy atom. The van der Waals surface area contributed by atoms with E-state index in [0.29, 0.717) is 5.56 Å². The number of aromatic hydroxyl groups is 1. The van der Waals surface area contributed by atoms with Gasteiger partial charge in [-0.25, -0.2) is 4.79 Å². The number of thioether (sulfide) groups is 1. The number of nitrogens with zero attached hydrogens (tertiary/aromatic N) is 2. The second kappa shape index (κ2) is 7.10. The Morgan fingerprint density at radius 3 is 2.74 bits per heavy atom. The van der Waals surface area contributed by atoms with Gasteiger partial charge in [0.1, 0.15) is 5.75 Å². The van der Waals surface area contributed by atoms with Crippen molar-refractivity contribution >= 4 is 35.0 Å². The second-order valence-corrected chi connectivity index (χ2v) is 5.76. The summed E-state index contributed by atoms with van der Waals surface area (Å²) in [7, 11) is 1.23. The number of nitrogens with one attached hydrogen (secondary N) is 1. The Kier molecular flexibility index (Phi) is 5.17. The Balaban J connectivity index is 2.13. The highest BCUT2D eigenvalue weighted by Crippen LogP contribution is 2.24. The number of hydrogen-bond acceptors (Lipinski definition) is 7. The number of hydrogen-bond donors (Lipinski definition) is 2. The molecular formula is C15H15N3O4S. The summed E-state index contributed by atoms with van der Waals surface area (Å²) in [6, 6.07) is 3.43. The number of phenolic OH excluding ortho intramolecular Hbond substituents is 1. The van der Waals surface area contributed by atoms with E-state index in [1.165, 1.54) is 13.3 Å². The highest BCUT2D eigenvalue weighted by Gasteiger charge is 2.24. The van der Waals surface area contributed by atoms with Crippen molar-refractivity contribution in [3.63, 3.8) is 0 Å². The van der Waals surface area contributed by atoms with Crippen LogP contribution in [0.5, 0.6) is 5.75 Å². The maximum absolute atomic E-state index is 11.6. The zero-order valence-corrected chi connectivity index (χ0v) is 13.6. The Hall–Kier alpha value is -2.61. The maximum Gasteiger partial charge on any atom is 0.331 e. The zero-order valence-electron chi connectivity index (χ0n) is 12.8. The summed E-state index contributed by atoms with van der Waals surface area (Å²) in [5.41, 5.74) is 2.52. The third kappa shape index (κ3) is 4.19. The van der Waals surface area contributed by atoms with Gasteiger partial charge in [-0.2, -0.15) is 5.10 Å². The number of amidine groups is 1. The summed E-state index contributed by atoms with van der Waals surface area (Å²) >= 11 is 0.981. The van der Waals surface area contributed by atoms with Crippen LogP contribution in [-0.4, -0.2) is 35.5 Å². The van der Waals surface area contributed by atoms with Gasteiger partial charge in [0.2, 0.25) is 0 Å². The minimum Gasteiger partial charge on any atom is -0.507 e. The predicted molar refractivity (Wildman–Crippen MR) is 88.4 cm³/mol. The van der Waals surface area contributed by atoms with Gasteiger partial charge >= 0.3 is 5.97 Å². The van der Waals surface area contributed by atoms with Crippen molar-refractivity contribution in [1.29, 1.82) is 0 Å². The van der Waals surface area contributed by atoms with Crippen LogP contribution < -0.4 is 5.32 Å². The van der Waals surface area contributed by atoms with E-state index >= 15 is 0 Å². The lowest BCUT2D eigenvalue weighted by molar-refractivity contribution is -0.135. The molecule has 2 N–H and O–H groups in total. The second-order valence-electron chi connectivity index (χ2n) is 4.73. The van der Waals surface area contributed by atoms with Crippen LogP contribution in [0.15, 0.2) is 33.3 Å². The molecular weight excluding hydrogens is 318 g/mol. The number of esters is 1. The molecule has 1 aliphatic rings. The molecule has 7 nitrogen and oxygen atoms in total. The first kappa shape index (κ1) is 16.8. The Bertz CT molecular complexity index is 753. The molecule has 1 saturated heterocycles. The van der Waals surface area contributed by atoms with Crippen molar-refractivity contribution in [1.82, 2.24) is 5.32 Å². The fourth-order valence-corrected chi connectivity index (χ4v) is 2.45. The van der Waals surface area contributed by atoms with Crippen LogP contribution in [-0.2, 0) is 14.3 Å². The van der Waals surface area contributed by atoms with Gasteiger partial charge in [-0.15, -0.1) is 5.10 Å². The Labute approximate surface area is 137 Å². The largest absolute Gasteiger partial charge is 0.507 e. The van der Waals surface area contributed by atoms with Gasteiger partial charge in [0, 0.05) is 11.6 Å². The summed E-state index contributed by atoms with van der Waals surface area (Å²) in [5, 5.41) is 20.3. The van der Waals surface area contributed by atoms with E-state index in [1.807, 2.05) is 13.8 Å². The number of carbonyl (C=O) groups excluding carboxylic acids is 2. The minimum absolute atomic E-state index is 0.103. The van der Waals surface area contributed by atoms with Crippen LogP contribution in [0.3, 0.4) is 0 Å². The minimum atomic E-state index is -0.618. The van der Waals surface area contributed by atoms with E-state index in [1.54, 1.807) is 12.1 Å². The lowest BCUT2D eigenvalue weighted by atomic mass is 10.1. The molecule has 23 heavy (non-hydrogen) atoms. The molecule has 1 fully saturated rings. The van der Waals surface area contributed by atoms with Crippen molar-refractivity contribution in [2.75, 3.05) is 7.11 Å². The third-order valence-corrected chi connectivity index (χ3v) is 3.99. The van der Waals surface area contributed by atoms with Crippen molar-refractivity contribution in [2.24, 2.45) is 10.2 Å². The van der Waals surface area contributed by atoms with Crippen LogP contribution in [0, 0.1) is 13.8 Å². The SMILES string of the molecule is COC(=O)/C=C1/S/C(=N\N=Cc2cc(C)c(C)cc2O)NC1=O. The molecule has 1 aromatic rings. The molecule has 1 heterocycles. The van der Waals surface area contributed by atoms with E-state index in [0.717, 1.165) is 29.0 Å². The van der Waals surface area contributed by atoms with Gasteiger partial charge in [0.15, 0.2) is 5.17 Å². The normalized spacial score (nSPS) is 18.0. The fraction of sp³-hybridized carbons (Fsp3) is 0.200. The highest BCUT2D eigenvalue weighted by molar-refractivity contribution is 8.18. The smallest absolute Gasteiger partial charge is 0.331 e. The standard InChI is InChI=1S/C15H15N3O4S/c1-8-4-10(11(19)5-9(8)2)7-16-18-15-17-14(21)12(23-15)6-13(20)22-3/h4-7,19H,1-3H3,(H,17,18,21)/b12-6+,16-7?. The van der Waals surface area contributed by atoms with E-state index in [9.17, 15) is 14.7 Å². The van der Waals surface area contributed by atoms with Gasteiger partial charge < -0.3 is 9.84 Å². The van der Waals surface area contributed by atoms with Crippen LogP contribution in [0.1, 0.15) is 16.7 Å². The zero-order chi connectivity index (χ0) is 17.0. The number of methoxy groups -OCH3 is 1. The van der Waals surface area contributed by atoms with Crippen LogP contribution in [0.2, 0.25) is 0 Å². The van der Waals surface area contributed by atoms with E-state index in [2.05, 4.69) is 20.3 Å². The van der Waals surface area contributed by atoms with E-state index < -0.39 is 11.9 Å². The molecule has 0 unspecified atom stereocenters. The van der Waals surface area contributed by atoms with Gasteiger partial charge in [-0.3, -0.25) is 10.1 Å². The third-order valence-electron chi connectivity index (χ3n) is 3.09. The lowest BCUT2D eigenvalue weighted by Gasteiger charge is -2.03. The number of benzene rings is 1. The number of amides is 1. The molecule has 1 amide bonds. The summed E-state index contributed by atoms with van der Waals surface area (Å²) in [5.74, 6) is -0.956. The van der Waals surface area contributed by atoms with E-state index in [4.69, 9.17) is 0 Å². The van der Waals surface area contributed by atoms with Gasteiger partial charge in [-0.05, 0) is 48.9 Å². The quantitative estimate of drug-likeness (QED) is 0.379. The molecule has 1 aromatic carbocycles. The van der Waals surface area contributed by atoms with Crippen molar-refractivity contribution in [3.8, 4) is 5.75 Å². The predicted octanol–water partition coefficient (Wildman–Crippen LogP) is 1.62. The molecule has 1 aliphatic heterocycles. The molecule has 0 atom stereocenters.